The van der Waals surface area contributed by atoms with E-state index in [0.717, 1.165) is 41.0 Å². The third kappa shape index (κ3) is 5.85. The van der Waals surface area contributed by atoms with Gasteiger partial charge in [-0.25, -0.2) is 0 Å². The van der Waals surface area contributed by atoms with Gasteiger partial charge in [-0.1, -0.05) is 38.0 Å². The molecular weight excluding hydrogens is 328 g/mol. The molecule has 0 aliphatic carbocycles. The fraction of sp³-hybridized carbons (Fsp3) is 0.429. The van der Waals surface area contributed by atoms with Crippen LogP contribution in [0, 0.1) is 13.8 Å². The standard InChI is InChI=1S/C21H28N2O3/c1-4-5-9-19(21(24)25)23-13-17-11-15(2)20(16(3)12-17)26-14-18-8-6-7-10-22-18/h6-8,10-12,19,23H,4-5,9,13-14H2,1-3H3,(H,24,25)/t19-/m0/s1. The van der Waals surface area contributed by atoms with Crippen LogP contribution in [-0.4, -0.2) is 22.1 Å². The van der Waals surface area contributed by atoms with Gasteiger partial charge < -0.3 is 15.2 Å². The minimum Gasteiger partial charge on any atom is -0.487 e. The third-order valence-corrected chi connectivity index (χ3v) is 4.31. The van der Waals surface area contributed by atoms with Gasteiger partial charge in [-0.2, -0.15) is 0 Å². The van der Waals surface area contributed by atoms with Crippen molar-refractivity contribution in [2.75, 3.05) is 0 Å². The number of rotatable bonds is 10. The van der Waals surface area contributed by atoms with E-state index in [-0.39, 0.29) is 0 Å². The number of carboxylic acids is 1. The summed E-state index contributed by atoms with van der Waals surface area (Å²) in [5.41, 5.74) is 4.03. The Kier molecular flexibility index (Phi) is 7.60. The van der Waals surface area contributed by atoms with Crippen LogP contribution in [0.1, 0.15) is 48.6 Å². The highest BCUT2D eigenvalue weighted by Gasteiger charge is 2.16. The Balaban J connectivity index is 2.00. The van der Waals surface area contributed by atoms with E-state index < -0.39 is 12.0 Å². The SMILES string of the molecule is CCCC[C@H](NCc1cc(C)c(OCc2ccccn2)c(C)c1)C(=O)O. The molecule has 26 heavy (non-hydrogen) atoms. The zero-order valence-corrected chi connectivity index (χ0v) is 15.8. The van der Waals surface area contributed by atoms with Gasteiger partial charge in [-0.15, -0.1) is 0 Å². The molecule has 5 heteroatoms. The van der Waals surface area contributed by atoms with Crippen molar-refractivity contribution in [3.8, 4) is 5.75 Å². The van der Waals surface area contributed by atoms with Gasteiger partial charge in [0.2, 0.25) is 0 Å². The van der Waals surface area contributed by atoms with Crippen LogP contribution in [0.5, 0.6) is 5.75 Å². The lowest BCUT2D eigenvalue weighted by Gasteiger charge is -2.17. The van der Waals surface area contributed by atoms with Crippen molar-refractivity contribution >= 4 is 5.97 Å². The molecule has 2 aromatic rings. The summed E-state index contributed by atoms with van der Waals surface area (Å²) in [4.78, 5) is 15.6. The zero-order chi connectivity index (χ0) is 18.9. The molecule has 0 unspecified atom stereocenters. The molecule has 0 aliphatic rings. The molecule has 1 atom stereocenters. The van der Waals surface area contributed by atoms with Crippen molar-refractivity contribution in [1.29, 1.82) is 0 Å². The predicted octanol–water partition coefficient (Wildman–Crippen LogP) is 4.01. The van der Waals surface area contributed by atoms with E-state index in [1.165, 1.54) is 0 Å². The molecule has 0 aliphatic heterocycles. The van der Waals surface area contributed by atoms with Crippen molar-refractivity contribution < 1.29 is 14.6 Å². The molecule has 5 nitrogen and oxygen atoms in total. The lowest BCUT2D eigenvalue weighted by molar-refractivity contribution is -0.139. The van der Waals surface area contributed by atoms with Crippen molar-refractivity contribution in [3.63, 3.8) is 0 Å². The minimum absolute atomic E-state index is 0.429. The maximum absolute atomic E-state index is 11.3. The Morgan fingerprint density at radius 3 is 2.58 bits per heavy atom. The van der Waals surface area contributed by atoms with E-state index in [1.807, 2.05) is 44.2 Å². The Morgan fingerprint density at radius 1 is 1.27 bits per heavy atom. The van der Waals surface area contributed by atoms with E-state index in [2.05, 4.69) is 17.2 Å². The molecule has 0 spiro atoms. The number of aliphatic carboxylic acids is 1. The fourth-order valence-electron chi connectivity index (χ4n) is 2.96. The maximum Gasteiger partial charge on any atom is 0.320 e. The van der Waals surface area contributed by atoms with Crippen molar-refractivity contribution in [1.82, 2.24) is 10.3 Å². The number of hydrogen-bond donors (Lipinski definition) is 2. The van der Waals surface area contributed by atoms with Crippen LogP contribution in [0.3, 0.4) is 0 Å². The number of ether oxygens (including phenoxy) is 1. The first kappa shape index (κ1) is 19.9. The fourth-order valence-corrected chi connectivity index (χ4v) is 2.96. The molecule has 1 heterocycles. The van der Waals surface area contributed by atoms with Gasteiger partial charge in [0.1, 0.15) is 18.4 Å². The molecular formula is C21H28N2O3. The van der Waals surface area contributed by atoms with Gasteiger partial charge in [0, 0.05) is 12.7 Å². The molecule has 1 aromatic heterocycles. The number of nitrogens with one attached hydrogen (secondary N) is 1. The summed E-state index contributed by atoms with van der Waals surface area (Å²) in [5.74, 6) is 0.0716. The number of unbranched alkanes of at least 4 members (excludes halogenated alkanes) is 1. The molecule has 1 aromatic carbocycles. The van der Waals surface area contributed by atoms with Crippen molar-refractivity contribution in [2.45, 2.75) is 59.2 Å². The molecule has 140 valence electrons. The van der Waals surface area contributed by atoms with E-state index in [1.54, 1.807) is 6.20 Å². The third-order valence-electron chi connectivity index (χ3n) is 4.31. The van der Waals surface area contributed by atoms with Crippen molar-refractivity contribution in [2.24, 2.45) is 0 Å². The van der Waals surface area contributed by atoms with Crippen molar-refractivity contribution in [3.05, 3.63) is 58.9 Å². The summed E-state index contributed by atoms with van der Waals surface area (Å²) in [6.45, 7) is 7.04. The molecule has 0 saturated heterocycles. The largest absolute Gasteiger partial charge is 0.487 e. The molecule has 2 N–H and O–H groups in total. The molecule has 0 saturated carbocycles. The lowest BCUT2D eigenvalue weighted by Crippen LogP contribution is -2.36. The van der Waals surface area contributed by atoms with Crippen LogP contribution in [0.15, 0.2) is 36.5 Å². The Morgan fingerprint density at radius 2 is 2.00 bits per heavy atom. The molecule has 0 amide bonds. The minimum atomic E-state index is -0.790. The summed E-state index contributed by atoms with van der Waals surface area (Å²) < 4.78 is 5.95. The number of carboxylic acid groups (broad SMARTS) is 1. The van der Waals surface area contributed by atoms with E-state index in [9.17, 15) is 9.90 Å². The maximum atomic E-state index is 11.3. The van der Waals surface area contributed by atoms with Crippen LogP contribution in [0.25, 0.3) is 0 Å². The first-order valence-corrected chi connectivity index (χ1v) is 9.10. The number of nitrogens with zero attached hydrogens (tertiary/aromatic N) is 1. The quantitative estimate of drug-likeness (QED) is 0.673. The topological polar surface area (TPSA) is 71.5 Å². The molecule has 2 rings (SSSR count). The average molecular weight is 356 g/mol. The Bertz CT molecular complexity index is 693. The second-order valence-corrected chi connectivity index (χ2v) is 6.58. The second-order valence-electron chi connectivity index (χ2n) is 6.58. The summed E-state index contributed by atoms with van der Waals surface area (Å²) in [7, 11) is 0. The molecule has 0 bridgehead atoms. The first-order chi connectivity index (χ1) is 12.5. The number of aromatic nitrogens is 1. The normalized spacial score (nSPS) is 12.0. The van der Waals surface area contributed by atoms with Gasteiger partial charge in [0.15, 0.2) is 0 Å². The van der Waals surface area contributed by atoms with Crippen LogP contribution >= 0.6 is 0 Å². The first-order valence-electron chi connectivity index (χ1n) is 9.10. The monoisotopic (exact) mass is 356 g/mol. The van der Waals surface area contributed by atoms with Gasteiger partial charge in [0.05, 0.1) is 5.69 Å². The van der Waals surface area contributed by atoms with E-state index in [4.69, 9.17) is 4.74 Å². The van der Waals surface area contributed by atoms with Gasteiger partial charge in [-0.05, 0) is 49.1 Å². The molecule has 0 fully saturated rings. The van der Waals surface area contributed by atoms with E-state index >= 15 is 0 Å². The molecule has 0 radical (unpaired) electrons. The van der Waals surface area contributed by atoms with Crippen LogP contribution in [-0.2, 0) is 17.9 Å². The smallest absolute Gasteiger partial charge is 0.320 e. The Labute approximate surface area is 155 Å². The Hall–Kier alpha value is -2.40. The highest BCUT2D eigenvalue weighted by atomic mass is 16.5. The number of hydrogen-bond acceptors (Lipinski definition) is 4. The number of aryl methyl sites for hydroxylation is 2. The van der Waals surface area contributed by atoms with Crippen LogP contribution in [0.2, 0.25) is 0 Å². The summed E-state index contributed by atoms with van der Waals surface area (Å²) in [6, 6.07) is 9.35. The van der Waals surface area contributed by atoms with Gasteiger partial charge in [0.25, 0.3) is 0 Å². The van der Waals surface area contributed by atoms with Gasteiger partial charge >= 0.3 is 5.97 Å². The summed E-state index contributed by atoms with van der Waals surface area (Å²) >= 11 is 0. The highest BCUT2D eigenvalue weighted by molar-refractivity contribution is 5.73. The van der Waals surface area contributed by atoms with Gasteiger partial charge in [-0.3, -0.25) is 9.78 Å². The highest BCUT2D eigenvalue weighted by Crippen LogP contribution is 2.25. The van der Waals surface area contributed by atoms with Crippen LogP contribution < -0.4 is 10.1 Å². The summed E-state index contributed by atoms with van der Waals surface area (Å²) in [6.07, 6.45) is 4.30. The number of pyridine rings is 1. The number of carbonyl (C=O) groups is 1. The zero-order valence-electron chi connectivity index (χ0n) is 15.8. The average Bonchev–Trinajstić information content (AvgIpc) is 2.61. The van der Waals surface area contributed by atoms with Crippen LogP contribution in [0.4, 0.5) is 0 Å². The summed E-state index contributed by atoms with van der Waals surface area (Å²) in [5, 5.41) is 12.5. The number of benzene rings is 1. The second kappa shape index (κ2) is 9.92. The lowest BCUT2D eigenvalue weighted by atomic mass is 10.0. The predicted molar refractivity (Wildman–Crippen MR) is 102 cm³/mol. The van der Waals surface area contributed by atoms with E-state index in [0.29, 0.717) is 19.6 Å².